The molecule has 20 heavy (non-hydrogen) atoms. The summed E-state index contributed by atoms with van der Waals surface area (Å²) in [6.07, 6.45) is 0.986. The molecule has 0 radical (unpaired) electrons. The summed E-state index contributed by atoms with van der Waals surface area (Å²) in [7, 11) is 0. The van der Waals surface area contributed by atoms with Crippen LogP contribution >= 0.6 is 22.9 Å². The number of hydrogen-bond acceptors (Lipinski definition) is 2. The van der Waals surface area contributed by atoms with Gasteiger partial charge in [0.25, 0.3) is 5.91 Å². The predicted octanol–water partition coefficient (Wildman–Crippen LogP) is 4.63. The van der Waals surface area contributed by atoms with E-state index in [0.717, 1.165) is 21.2 Å². The highest BCUT2D eigenvalue weighted by Gasteiger charge is 2.15. The summed E-state index contributed by atoms with van der Waals surface area (Å²) in [5.41, 5.74) is 1.99. The normalized spacial score (nSPS) is 10.6. The summed E-state index contributed by atoms with van der Waals surface area (Å²) in [4.78, 5) is 15.4. The zero-order chi connectivity index (χ0) is 14.5. The fourth-order valence-corrected chi connectivity index (χ4v) is 3.12. The van der Waals surface area contributed by atoms with Gasteiger partial charge in [-0.3, -0.25) is 4.79 Å². The lowest BCUT2D eigenvalue weighted by molar-refractivity contribution is 0.0754. The second-order valence-electron chi connectivity index (χ2n) is 4.58. The zero-order valence-corrected chi connectivity index (χ0v) is 13.3. The number of hydrogen-bond donors (Lipinski definition) is 0. The first-order chi connectivity index (χ1) is 9.63. The molecule has 1 amide bonds. The van der Waals surface area contributed by atoms with Gasteiger partial charge in [-0.05, 0) is 43.2 Å². The van der Waals surface area contributed by atoms with Crippen LogP contribution in [0.2, 0.25) is 4.34 Å². The van der Waals surface area contributed by atoms with E-state index in [4.69, 9.17) is 11.6 Å². The summed E-state index contributed by atoms with van der Waals surface area (Å²) < 4.78 is 0.760. The maximum absolute atomic E-state index is 12.5. The molecular weight excluding hydrogens is 290 g/mol. The lowest BCUT2D eigenvalue weighted by Gasteiger charge is -2.20. The van der Waals surface area contributed by atoms with Gasteiger partial charge in [-0.1, -0.05) is 30.7 Å². The van der Waals surface area contributed by atoms with Gasteiger partial charge in [-0.25, -0.2) is 0 Å². The van der Waals surface area contributed by atoms with E-state index in [-0.39, 0.29) is 5.91 Å². The maximum atomic E-state index is 12.5. The molecule has 1 aromatic heterocycles. The molecule has 0 unspecified atom stereocenters. The fraction of sp³-hybridized carbons (Fsp3) is 0.312. The van der Waals surface area contributed by atoms with Crippen molar-refractivity contribution in [3.63, 3.8) is 0 Å². The van der Waals surface area contributed by atoms with E-state index in [1.54, 1.807) is 0 Å². The van der Waals surface area contributed by atoms with E-state index in [9.17, 15) is 4.79 Å². The Morgan fingerprint density at radius 1 is 1.15 bits per heavy atom. The van der Waals surface area contributed by atoms with E-state index in [0.29, 0.717) is 13.1 Å². The van der Waals surface area contributed by atoms with Crippen molar-refractivity contribution >= 4 is 28.8 Å². The van der Waals surface area contributed by atoms with Gasteiger partial charge >= 0.3 is 0 Å². The van der Waals surface area contributed by atoms with Crippen LogP contribution in [0.15, 0.2) is 36.4 Å². The highest BCUT2D eigenvalue weighted by atomic mass is 35.5. The molecular formula is C16H18ClNOS. The molecule has 106 valence electrons. The highest BCUT2D eigenvalue weighted by molar-refractivity contribution is 7.16. The molecule has 0 aliphatic carbocycles. The van der Waals surface area contributed by atoms with Crippen LogP contribution in [-0.2, 0) is 13.0 Å². The standard InChI is InChI=1S/C16H18ClNOS/c1-3-12-5-7-13(8-6-12)16(19)18(4-2)11-14-9-10-15(17)20-14/h5-10H,3-4,11H2,1-2H3. The number of benzene rings is 1. The lowest BCUT2D eigenvalue weighted by Crippen LogP contribution is -2.29. The third-order valence-electron chi connectivity index (χ3n) is 3.25. The summed E-state index contributed by atoms with van der Waals surface area (Å²) >= 11 is 7.45. The van der Waals surface area contributed by atoms with Gasteiger partial charge in [0.05, 0.1) is 10.9 Å². The second-order valence-corrected chi connectivity index (χ2v) is 6.38. The SMILES string of the molecule is CCc1ccc(C(=O)N(CC)Cc2ccc(Cl)s2)cc1. The van der Waals surface area contributed by atoms with E-state index in [1.807, 2.05) is 48.2 Å². The third-order valence-corrected chi connectivity index (χ3v) is 4.47. The topological polar surface area (TPSA) is 20.3 Å². The average Bonchev–Trinajstić information content (AvgIpc) is 2.89. The molecule has 0 N–H and O–H groups in total. The molecule has 0 saturated carbocycles. The van der Waals surface area contributed by atoms with Crippen LogP contribution in [0.5, 0.6) is 0 Å². The van der Waals surface area contributed by atoms with Crippen molar-refractivity contribution in [3.05, 3.63) is 56.7 Å². The van der Waals surface area contributed by atoms with Crippen LogP contribution in [0.4, 0.5) is 0 Å². The number of thiophene rings is 1. The molecule has 0 atom stereocenters. The molecule has 4 heteroatoms. The van der Waals surface area contributed by atoms with Crippen LogP contribution < -0.4 is 0 Å². The summed E-state index contributed by atoms with van der Waals surface area (Å²) in [5.74, 6) is 0.0691. The Morgan fingerprint density at radius 3 is 2.35 bits per heavy atom. The third kappa shape index (κ3) is 3.62. The van der Waals surface area contributed by atoms with Crippen LogP contribution in [-0.4, -0.2) is 17.4 Å². The molecule has 0 aliphatic rings. The Bertz CT molecular complexity index is 576. The number of nitrogens with zero attached hydrogens (tertiary/aromatic N) is 1. The van der Waals surface area contributed by atoms with Crippen LogP contribution in [0.3, 0.4) is 0 Å². The number of aryl methyl sites for hydroxylation is 1. The Morgan fingerprint density at radius 2 is 1.85 bits per heavy atom. The van der Waals surface area contributed by atoms with Crippen molar-refractivity contribution in [3.8, 4) is 0 Å². The van der Waals surface area contributed by atoms with Crippen molar-refractivity contribution in [2.45, 2.75) is 26.8 Å². The zero-order valence-electron chi connectivity index (χ0n) is 11.7. The molecule has 2 nitrogen and oxygen atoms in total. The second kappa shape index (κ2) is 6.91. The van der Waals surface area contributed by atoms with E-state index < -0.39 is 0 Å². The van der Waals surface area contributed by atoms with Crippen molar-refractivity contribution in [1.29, 1.82) is 0 Å². The number of carbonyl (C=O) groups excluding carboxylic acids is 1. The Labute approximate surface area is 129 Å². The van der Waals surface area contributed by atoms with Crippen LogP contribution in [0.25, 0.3) is 0 Å². The first-order valence-electron chi connectivity index (χ1n) is 6.76. The van der Waals surface area contributed by atoms with Gasteiger partial charge in [0.1, 0.15) is 0 Å². The summed E-state index contributed by atoms with van der Waals surface area (Å²) in [5, 5.41) is 0. The van der Waals surface area contributed by atoms with E-state index in [2.05, 4.69) is 6.92 Å². The molecule has 1 heterocycles. The molecule has 2 rings (SSSR count). The van der Waals surface area contributed by atoms with Crippen LogP contribution in [0, 0.1) is 0 Å². The van der Waals surface area contributed by atoms with Gasteiger partial charge in [0, 0.05) is 17.0 Å². The maximum Gasteiger partial charge on any atom is 0.254 e. The molecule has 0 aliphatic heterocycles. The smallest absolute Gasteiger partial charge is 0.254 e. The number of rotatable bonds is 5. The van der Waals surface area contributed by atoms with Gasteiger partial charge in [0.15, 0.2) is 0 Å². The molecule has 0 spiro atoms. The Balaban J connectivity index is 2.11. The average molecular weight is 308 g/mol. The largest absolute Gasteiger partial charge is 0.334 e. The Hall–Kier alpha value is -1.32. The molecule has 0 bridgehead atoms. The Kier molecular flexibility index (Phi) is 5.21. The highest BCUT2D eigenvalue weighted by Crippen LogP contribution is 2.23. The first-order valence-corrected chi connectivity index (χ1v) is 7.96. The van der Waals surface area contributed by atoms with E-state index >= 15 is 0 Å². The van der Waals surface area contributed by atoms with Crippen molar-refractivity contribution in [1.82, 2.24) is 4.90 Å². The molecule has 1 aromatic carbocycles. The predicted molar refractivity (Wildman–Crippen MR) is 85.6 cm³/mol. The quantitative estimate of drug-likeness (QED) is 0.789. The van der Waals surface area contributed by atoms with Crippen molar-refractivity contribution in [2.75, 3.05) is 6.54 Å². The van der Waals surface area contributed by atoms with E-state index in [1.165, 1.54) is 16.9 Å². The van der Waals surface area contributed by atoms with Gasteiger partial charge in [-0.2, -0.15) is 0 Å². The summed E-state index contributed by atoms with van der Waals surface area (Å²) in [6.45, 7) is 5.40. The minimum atomic E-state index is 0.0691. The number of carbonyl (C=O) groups is 1. The fourth-order valence-electron chi connectivity index (χ4n) is 2.02. The minimum absolute atomic E-state index is 0.0691. The lowest BCUT2D eigenvalue weighted by atomic mass is 10.1. The van der Waals surface area contributed by atoms with Crippen molar-refractivity contribution in [2.24, 2.45) is 0 Å². The molecule has 0 saturated heterocycles. The van der Waals surface area contributed by atoms with Gasteiger partial charge < -0.3 is 4.90 Å². The van der Waals surface area contributed by atoms with Crippen molar-refractivity contribution < 1.29 is 4.79 Å². The van der Waals surface area contributed by atoms with Gasteiger partial charge in [0.2, 0.25) is 0 Å². The minimum Gasteiger partial charge on any atom is -0.334 e. The van der Waals surface area contributed by atoms with Crippen LogP contribution in [0.1, 0.15) is 34.6 Å². The molecule has 0 fully saturated rings. The number of halogens is 1. The monoisotopic (exact) mass is 307 g/mol. The molecule has 2 aromatic rings. The van der Waals surface area contributed by atoms with Gasteiger partial charge in [-0.15, -0.1) is 11.3 Å². The summed E-state index contributed by atoms with van der Waals surface area (Å²) in [6, 6.07) is 11.7. The number of amides is 1. The first kappa shape index (κ1) is 15.1.